The van der Waals surface area contributed by atoms with Gasteiger partial charge in [0.2, 0.25) is 0 Å². The summed E-state index contributed by atoms with van der Waals surface area (Å²) in [7, 11) is 0. The SMILES string of the molecule is OC[C@@H]1O[C@@H](O[C@H]2[C@H](O)[C@@H](CO[C@H]3O[C@H](CO)[C@@H](O)[C@H](O)[C@@H]3O)OC(O)[C@H]2O)[C@H](O)[C@@H]1O. The Hall–Kier alpha value is -0.600. The molecule has 3 aliphatic heterocycles. The number of rotatable bonds is 7. The van der Waals surface area contributed by atoms with Crippen LogP contribution in [-0.2, 0) is 23.7 Å². The molecule has 3 heterocycles. The van der Waals surface area contributed by atoms with Gasteiger partial charge >= 0.3 is 0 Å². The van der Waals surface area contributed by atoms with Gasteiger partial charge in [-0.25, -0.2) is 0 Å². The molecule has 0 aromatic heterocycles. The maximum Gasteiger partial charge on any atom is 0.187 e. The van der Waals surface area contributed by atoms with Crippen molar-refractivity contribution in [3.05, 3.63) is 0 Å². The van der Waals surface area contributed by atoms with E-state index < -0.39 is 106 Å². The van der Waals surface area contributed by atoms with Crippen LogP contribution in [0.4, 0.5) is 0 Å². The topological polar surface area (TPSA) is 248 Å². The third kappa shape index (κ3) is 5.07. The molecule has 0 saturated carbocycles. The molecule has 15 nitrogen and oxygen atoms in total. The fourth-order valence-corrected chi connectivity index (χ4v) is 3.74. The van der Waals surface area contributed by atoms with Gasteiger partial charge in [-0.3, -0.25) is 0 Å². The zero-order valence-electron chi connectivity index (χ0n) is 16.7. The highest BCUT2D eigenvalue weighted by Gasteiger charge is 2.51. The Morgan fingerprint density at radius 3 is 1.66 bits per heavy atom. The van der Waals surface area contributed by atoms with Crippen molar-refractivity contribution in [2.75, 3.05) is 19.8 Å². The van der Waals surface area contributed by atoms with Gasteiger partial charge in [0.1, 0.15) is 67.1 Å². The van der Waals surface area contributed by atoms with Crippen molar-refractivity contribution in [2.45, 2.75) is 86.0 Å². The molecular weight excluding hydrogens is 444 g/mol. The third-order valence-electron chi connectivity index (χ3n) is 5.72. The second kappa shape index (κ2) is 10.8. The first-order valence-corrected chi connectivity index (χ1v) is 10.00. The van der Waals surface area contributed by atoms with Crippen LogP contribution in [0.25, 0.3) is 0 Å². The van der Waals surface area contributed by atoms with Gasteiger partial charge in [0, 0.05) is 0 Å². The first kappa shape index (κ1) is 26.0. The summed E-state index contributed by atoms with van der Waals surface area (Å²) in [5.74, 6) is 0. The molecule has 0 aliphatic carbocycles. The van der Waals surface area contributed by atoms with Crippen molar-refractivity contribution in [3.63, 3.8) is 0 Å². The fourth-order valence-electron chi connectivity index (χ4n) is 3.74. The molecule has 15 heteroatoms. The molecule has 3 fully saturated rings. The zero-order chi connectivity index (χ0) is 23.7. The van der Waals surface area contributed by atoms with Crippen LogP contribution in [0.3, 0.4) is 0 Å². The molecule has 10 N–H and O–H groups in total. The van der Waals surface area contributed by atoms with E-state index in [1.807, 2.05) is 0 Å². The number of aliphatic hydroxyl groups excluding tert-OH is 10. The van der Waals surface area contributed by atoms with Crippen molar-refractivity contribution in [1.82, 2.24) is 0 Å². The Morgan fingerprint density at radius 2 is 1.06 bits per heavy atom. The molecule has 3 rings (SSSR count). The second-order valence-corrected chi connectivity index (χ2v) is 7.88. The minimum absolute atomic E-state index is 0.566. The Labute approximate surface area is 181 Å². The van der Waals surface area contributed by atoms with E-state index in [2.05, 4.69) is 0 Å². The van der Waals surface area contributed by atoms with Crippen molar-refractivity contribution in [3.8, 4) is 0 Å². The van der Waals surface area contributed by atoms with Crippen LogP contribution in [0.15, 0.2) is 0 Å². The lowest BCUT2D eigenvalue weighted by atomic mass is 9.98. The van der Waals surface area contributed by atoms with E-state index in [0.717, 1.165) is 0 Å². The highest BCUT2D eigenvalue weighted by Crippen LogP contribution is 2.30. The molecule has 14 atom stereocenters. The summed E-state index contributed by atoms with van der Waals surface area (Å²) < 4.78 is 26.0. The van der Waals surface area contributed by atoms with Gasteiger partial charge in [0.15, 0.2) is 18.9 Å². The first-order valence-electron chi connectivity index (χ1n) is 10.00. The number of aliphatic hydroxyl groups is 10. The predicted molar refractivity (Wildman–Crippen MR) is 95.2 cm³/mol. The summed E-state index contributed by atoms with van der Waals surface area (Å²) in [6.07, 6.45) is -21.9. The molecule has 0 amide bonds. The van der Waals surface area contributed by atoms with Crippen molar-refractivity contribution >= 4 is 0 Å². The van der Waals surface area contributed by atoms with Gasteiger partial charge in [-0.1, -0.05) is 0 Å². The lowest BCUT2D eigenvalue weighted by Crippen LogP contribution is -2.62. The standard InChI is InChI=1S/C17H30O15/c18-1-4-7(20)10(23)12(25)16(30-4)28-3-6-9(22)14(13(26)15(27)29-6)32-17-11(24)8(21)5(2-19)31-17/h4-27H,1-3H2/t4-,5+,6-,7-,8-,9-,10+,11-,12+,13+,14+,15?,16+,17+/m1/s1. The number of hydrogen-bond donors (Lipinski definition) is 10. The second-order valence-electron chi connectivity index (χ2n) is 7.88. The monoisotopic (exact) mass is 474 g/mol. The highest BCUT2D eigenvalue weighted by atomic mass is 16.7. The van der Waals surface area contributed by atoms with E-state index in [1.165, 1.54) is 0 Å². The van der Waals surface area contributed by atoms with Crippen LogP contribution in [0, 0.1) is 0 Å². The van der Waals surface area contributed by atoms with E-state index in [0.29, 0.717) is 0 Å². The molecule has 0 bridgehead atoms. The Bertz CT molecular complexity index is 594. The Balaban J connectivity index is 1.63. The van der Waals surface area contributed by atoms with Crippen LogP contribution < -0.4 is 0 Å². The zero-order valence-corrected chi connectivity index (χ0v) is 16.7. The summed E-state index contributed by atoms with van der Waals surface area (Å²) in [6, 6.07) is 0. The van der Waals surface area contributed by atoms with Crippen molar-refractivity contribution in [1.29, 1.82) is 0 Å². The van der Waals surface area contributed by atoms with E-state index in [9.17, 15) is 46.0 Å². The van der Waals surface area contributed by atoms with Gasteiger partial charge in [-0.2, -0.15) is 0 Å². The summed E-state index contributed by atoms with van der Waals surface area (Å²) in [5.41, 5.74) is 0. The molecule has 0 aromatic carbocycles. The lowest BCUT2D eigenvalue weighted by molar-refractivity contribution is -0.339. The van der Waals surface area contributed by atoms with Crippen LogP contribution >= 0.6 is 0 Å². The van der Waals surface area contributed by atoms with Crippen LogP contribution in [0.5, 0.6) is 0 Å². The van der Waals surface area contributed by atoms with Gasteiger partial charge in [0.25, 0.3) is 0 Å². The summed E-state index contributed by atoms with van der Waals surface area (Å²) in [4.78, 5) is 0. The maximum absolute atomic E-state index is 10.6. The summed E-state index contributed by atoms with van der Waals surface area (Å²) in [6.45, 7) is -1.88. The van der Waals surface area contributed by atoms with Gasteiger partial charge in [0.05, 0.1) is 19.8 Å². The average molecular weight is 474 g/mol. The molecule has 0 radical (unpaired) electrons. The molecule has 1 unspecified atom stereocenters. The van der Waals surface area contributed by atoms with Gasteiger partial charge in [-0.15, -0.1) is 0 Å². The molecule has 188 valence electrons. The largest absolute Gasteiger partial charge is 0.394 e. The molecule has 32 heavy (non-hydrogen) atoms. The molecule has 3 aliphatic rings. The Morgan fingerprint density at radius 1 is 0.531 bits per heavy atom. The normalized spacial score (nSPS) is 52.3. The fraction of sp³-hybridized carbons (Fsp3) is 1.00. The van der Waals surface area contributed by atoms with Crippen LogP contribution in [0.1, 0.15) is 0 Å². The van der Waals surface area contributed by atoms with Crippen molar-refractivity contribution < 1.29 is 74.7 Å². The van der Waals surface area contributed by atoms with E-state index >= 15 is 0 Å². The summed E-state index contributed by atoms with van der Waals surface area (Å²) >= 11 is 0. The van der Waals surface area contributed by atoms with Crippen molar-refractivity contribution in [2.24, 2.45) is 0 Å². The van der Waals surface area contributed by atoms with E-state index in [1.54, 1.807) is 0 Å². The number of hydrogen-bond acceptors (Lipinski definition) is 15. The molecule has 0 spiro atoms. The lowest BCUT2D eigenvalue weighted by Gasteiger charge is -2.43. The molecule has 3 saturated heterocycles. The molecule has 0 aromatic rings. The smallest absolute Gasteiger partial charge is 0.187 e. The van der Waals surface area contributed by atoms with Crippen LogP contribution in [-0.4, -0.2) is 157 Å². The molecular formula is C17H30O15. The summed E-state index contributed by atoms with van der Waals surface area (Å²) in [5, 5.41) is 98.4. The van der Waals surface area contributed by atoms with Crippen LogP contribution in [0.2, 0.25) is 0 Å². The van der Waals surface area contributed by atoms with Gasteiger partial charge < -0.3 is 74.7 Å². The quantitative estimate of drug-likeness (QED) is 0.165. The minimum Gasteiger partial charge on any atom is -0.394 e. The Kier molecular flexibility index (Phi) is 8.75. The van der Waals surface area contributed by atoms with E-state index in [-0.39, 0.29) is 0 Å². The third-order valence-corrected chi connectivity index (χ3v) is 5.72. The highest BCUT2D eigenvalue weighted by molar-refractivity contribution is 4.94. The minimum atomic E-state index is -1.87. The van der Waals surface area contributed by atoms with E-state index in [4.69, 9.17) is 28.8 Å². The maximum atomic E-state index is 10.6. The number of ether oxygens (including phenoxy) is 5. The van der Waals surface area contributed by atoms with Gasteiger partial charge in [-0.05, 0) is 0 Å². The average Bonchev–Trinajstić information content (AvgIpc) is 3.05. The predicted octanol–water partition coefficient (Wildman–Crippen LogP) is -6.93. The first-order chi connectivity index (χ1) is 15.1.